The van der Waals surface area contributed by atoms with E-state index in [0.717, 1.165) is 12.0 Å². The first-order valence-electron chi connectivity index (χ1n) is 12.5. The summed E-state index contributed by atoms with van der Waals surface area (Å²) < 4.78 is 0. The van der Waals surface area contributed by atoms with Gasteiger partial charge in [-0.15, -0.1) is 0 Å². The van der Waals surface area contributed by atoms with E-state index in [1.165, 1.54) is 6.07 Å². The highest BCUT2D eigenvalue weighted by Gasteiger charge is 2.81. The molecule has 0 bridgehead atoms. The van der Waals surface area contributed by atoms with E-state index in [-0.39, 0.29) is 34.2 Å². The molecule has 192 valence electrons. The number of Topliss-reactive ketones (excluding diaryl/α,β-unsaturated/α-hetero) is 1. The molecule has 0 saturated carbocycles. The van der Waals surface area contributed by atoms with E-state index in [4.69, 9.17) is 34.8 Å². The Morgan fingerprint density at radius 1 is 0.947 bits per heavy atom. The van der Waals surface area contributed by atoms with Crippen LogP contribution in [0.15, 0.2) is 54.6 Å². The number of anilines is 2. The van der Waals surface area contributed by atoms with Crippen LogP contribution >= 0.6 is 34.8 Å². The minimum Gasteiger partial charge on any atom is -0.325 e. The number of nitrogens with zero attached hydrogens (tertiary/aromatic N) is 1. The van der Waals surface area contributed by atoms with Crippen molar-refractivity contribution < 1.29 is 14.4 Å². The van der Waals surface area contributed by atoms with Crippen molar-refractivity contribution in [1.29, 1.82) is 0 Å². The second-order valence-corrected chi connectivity index (χ2v) is 11.8. The van der Waals surface area contributed by atoms with E-state index in [9.17, 15) is 14.4 Å². The highest BCUT2D eigenvalue weighted by atomic mass is 35.5. The minimum absolute atomic E-state index is 0.213. The molecule has 2 fully saturated rings. The highest BCUT2D eigenvalue weighted by molar-refractivity contribution is 6.37. The van der Waals surface area contributed by atoms with Crippen molar-refractivity contribution in [3.05, 3.63) is 91.9 Å². The van der Waals surface area contributed by atoms with Crippen LogP contribution in [0.25, 0.3) is 0 Å². The molecule has 4 heterocycles. The summed E-state index contributed by atoms with van der Waals surface area (Å²) in [5.41, 5.74) is 0.448. The summed E-state index contributed by atoms with van der Waals surface area (Å²) in [6.07, 6.45) is 1.44. The largest absolute Gasteiger partial charge is 0.325 e. The van der Waals surface area contributed by atoms with Crippen molar-refractivity contribution in [1.82, 2.24) is 4.90 Å². The number of carbonyl (C=O) groups is 3. The number of aryl methyl sites for hydroxylation is 1. The molecule has 2 amide bonds. The predicted octanol–water partition coefficient (Wildman–Crippen LogP) is 5.97. The van der Waals surface area contributed by atoms with Crippen molar-refractivity contribution in [3.8, 4) is 0 Å². The first-order valence-corrected chi connectivity index (χ1v) is 13.7. The SMILES string of the molecule is Cc1cc(Cl)c2c(c1)C1(C(=O)N2)N2CCCC2C(C(=O)c2ccc(Cl)cc2Cl)C12C(=O)Nc1ccccc12. The van der Waals surface area contributed by atoms with Crippen LogP contribution in [-0.2, 0) is 20.5 Å². The maximum atomic E-state index is 14.6. The summed E-state index contributed by atoms with van der Waals surface area (Å²) in [6, 6.07) is 15.4. The maximum Gasteiger partial charge on any atom is 0.251 e. The van der Waals surface area contributed by atoms with E-state index < -0.39 is 16.9 Å². The first-order chi connectivity index (χ1) is 18.2. The molecular formula is C29H22Cl3N3O3. The molecule has 6 nitrogen and oxygen atoms in total. The molecule has 4 atom stereocenters. The Kier molecular flexibility index (Phi) is 5.12. The molecule has 0 radical (unpaired) electrons. The topological polar surface area (TPSA) is 78.5 Å². The van der Waals surface area contributed by atoms with E-state index in [0.29, 0.717) is 45.5 Å². The van der Waals surface area contributed by atoms with Crippen molar-refractivity contribution >= 4 is 63.8 Å². The molecule has 0 aliphatic carbocycles. The maximum absolute atomic E-state index is 14.6. The Morgan fingerprint density at radius 2 is 1.74 bits per heavy atom. The summed E-state index contributed by atoms with van der Waals surface area (Å²) in [5.74, 6) is -1.90. The summed E-state index contributed by atoms with van der Waals surface area (Å²) in [4.78, 5) is 45.7. The zero-order chi connectivity index (χ0) is 26.6. The summed E-state index contributed by atoms with van der Waals surface area (Å²) in [5, 5.41) is 7.06. The van der Waals surface area contributed by atoms with Gasteiger partial charge in [0.15, 0.2) is 5.78 Å². The monoisotopic (exact) mass is 565 g/mol. The average molecular weight is 567 g/mol. The van der Waals surface area contributed by atoms with Gasteiger partial charge < -0.3 is 10.6 Å². The lowest BCUT2D eigenvalue weighted by Crippen LogP contribution is -2.62. The van der Waals surface area contributed by atoms with Gasteiger partial charge in [-0.3, -0.25) is 19.3 Å². The van der Waals surface area contributed by atoms with Gasteiger partial charge in [0.1, 0.15) is 11.0 Å². The zero-order valence-electron chi connectivity index (χ0n) is 20.3. The van der Waals surface area contributed by atoms with Crippen LogP contribution < -0.4 is 10.6 Å². The lowest BCUT2D eigenvalue weighted by atomic mass is 9.57. The van der Waals surface area contributed by atoms with Crippen molar-refractivity contribution in [2.24, 2.45) is 5.92 Å². The number of nitrogens with one attached hydrogen (secondary N) is 2. The average Bonchev–Trinajstić information content (AvgIpc) is 3.58. The zero-order valence-corrected chi connectivity index (χ0v) is 22.5. The van der Waals surface area contributed by atoms with Gasteiger partial charge in [-0.25, -0.2) is 0 Å². The number of hydrogen-bond acceptors (Lipinski definition) is 4. The van der Waals surface area contributed by atoms with Gasteiger partial charge in [0.2, 0.25) is 5.91 Å². The van der Waals surface area contributed by atoms with Gasteiger partial charge in [0.05, 0.1) is 21.7 Å². The Labute approximate surface area is 234 Å². The molecule has 38 heavy (non-hydrogen) atoms. The molecule has 3 aromatic rings. The fourth-order valence-electron chi connectivity index (χ4n) is 7.63. The fourth-order valence-corrected chi connectivity index (χ4v) is 8.45. The smallest absolute Gasteiger partial charge is 0.251 e. The predicted molar refractivity (Wildman–Crippen MR) is 147 cm³/mol. The van der Waals surface area contributed by atoms with E-state index >= 15 is 0 Å². The number of rotatable bonds is 2. The lowest BCUT2D eigenvalue weighted by Gasteiger charge is -2.43. The molecule has 4 unspecified atom stereocenters. The first kappa shape index (κ1) is 24.2. The van der Waals surface area contributed by atoms with Gasteiger partial charge in [-0.1, -0.05) is 59.1 Å². The Balaban J connectivity index is 1.61. The molecule has 3 aromatic carbocycles. The Hall–Kier alpha value is -2.90. The number of ketones is 1. The quantitative estimate of drug-likeness (QED) is 0.375. The standard InChI is InChI=1S/C29H22Cl3N3O3/c1-14-11-18-24(20(32)12-14)34-27(38)29(18)28(17-5-2-3-6-21(17)33-26(28)37)23(22-7-4-10-35(22)29)25(36)16-9-8-15(30)13-19(16)31/h2-3,5-6,8-9,11-13,22-23H,4,7,10H2,1H3,(H,33,37)(H,34,38). The fraction of sp³-hybridized carbons (Fsp3) is 0.276. The number of amides is 2. The van der Waals surface area contributed by atoms with Gasteiger partial charge >= 0.3 is 0 Å². The molecule has 7 rings (SSSR count). The van der Waals surface area contributed by atoms with Gasteiger partial charge in [0.25, 0.3) is 5.91 Å². The third-order valence-electron chi connectivity index (χ3n) is 8.78. The third-order valence-corrected chi connectivity index (χ3v) is 9.63. The van der Waals surface area contributed by atoms with Gasteiger partial charge in [0, 0.05) is 27.9 Å². The summed E-state index contributed by atoms with van der Waals surface area (Å²) in [7, 11) is 0. The van der Waals surface area contributed by atoms with Crippen LogP contribution in [0.2, 0.25) is 15.1 Å². The number of carbonyl (C=O) groups excluding carboxylic acids is 3. The van der Waals surface area contributed by atoms with Crippen LogP contribution in [0.4, 0.5) is 11.4 Å². The second kappa shape index (κ2) is 8.06. The van der Waals surface area contributed by atoms with Crippen LogP contribution in [0, 0.1) is 12.8 Å². The minimum atomic E-state index is -1.55. The van der Waals surface area contributed by atoms with Crippen molar-refractivity contribution in [2.45, 2.75) is 36.8 Å². The van der Waals surface area contributed by atoms with Crippen molar-refractivity contribution in [3.63, 3.8) is 0 Å². The normalized spacial score (nSPS) is 28.9. The number of fused-ring (bicyclic) bond motifs is 7. The summed E-state index contributed by atoms with van der Waals surface area (Å²) in [6.45, 7) is 2.46. The molecule has 4 aliphatic rings. The number of hydrogen-bond donors (Lipinski definition) is 2. The number of para-hydroxylation sites is 1. The van der Waals surface area contributed by atoms with Crippen LogP contribution in [0.5, 0.6) is 0 Å². The molecule has 4 aliphatic heterocycles. The molecule has 2 saturated heterocycles. The molecule has 2 N–H and O–H groups in total. The highest BCUT2D eigenvalue weighted by Crippen LogP contribution is 2.68. The summed E-state index contributed by atoms with van der Waals surface area (Å²) >= 11 is 19.4. The third kappa shape index (κ3) is 2.71. The van der Waals surface area contributed by atoms with E-state index in [1.54, 1.807) is 18.2 Å². The van der Waals surface area contributed by atoms with E-state index in [1.807, 2.05) is 37.3 Å². The van der Waals surface area contributed by atoms with Gasteiger partial charge in [-0.05, 0) is 67.8 Å². The second-order valence-electron chi connectivity index (χ2n) is 10.5. The molecular weight excluding hydrogens is 545 g/mol. The molecule has 0 aromatic heterocycles. The van der Waals surface area contributed by atoms with Crippen LogP contribution in [0.1, 0.15) is 39.9 Å². The van der Waals surface area contributed by atoms with E-state index in [2.05, 4.69) is 15.5 Å². The Morgan fingerprint density at radius 3 is 2.53 bits per heavy atom. The molecule has 2 spiro atoms. The molecule has 9 heteroatoms. The number of halogens is 3. The van der Waals surface area contributed by atoms with Crippen molar-refractivity contribution in [2.75, 3.05) is 17.2 Å². The van der Waals surface area contributed by atoms with Gasteiger partial charge in [-0.2, -0.15) is 0 Å². The number of benzene rings is 3. The van der Waals surface area contributed by atoms with Crippen LogP contribution in [0.3, 0.4) is 0 Å². The van der Waals surface area contributed by atoms with Crippen LogP contribution in [-0.4, -0.2) is 35.1 Å². The Bertz CT molecular complexity index is 1610. The lowest BCUT2D eigenvalue weighted by molar-refractivity contribution is -0.137.